The number of aliphatic hydroxyl groups excluding tert-OH is 1. The molecule has 0 unspecified atom stereocenters. The molecule has 0 spiro atoms. The summed E-state index contributed by atoms with van der Waals surface area (Å²) >= 11 is 0. The number of likely N-dealkylation sites (N-methyl/N-ethyl adjacent to an activating group) is 1. The van der Waals surface area contributed by atoms with Crippen LogP contribution >= 0.6 is 0 Å². The Hall–Kier alpha value is -0.940. The molecule has 0 aliphatic rings. The van der Waals surface area contributed by atoms with Gasteiger partial charge >= 0.3 is 0 Å². The smallest absolute Gasteiger partial charge is 0.169 e. The van der Waals surface area contributed by atoms with Gasteiger partial charge in [-0.05, 0) is 19.5 Å². The highest BCUT2D eigenvalue weighted by molar-refractivity contribution is 5.18. The SMILES string of the molecule is COC(CN(C)[C@@H](C)[C@@H](O)c1ccccc1)OC. The number of hydrogen-bond donors (Lipinski definition) is 1. The van der Waals surface area contributed by atoms with E-state index in [0.717, 1.165) is 5.56 Å². The van der Waals surface area contributed by atoms with E-state index in [9.17, 15) is 5.11 Å². The van der Waals surface area contributed by atoms with Gasteiger partial charge in [-0.1, -0.05) is 30.3 Å². The fourth-order valence-electron chi connectivity index (χ4n) is 1.82. The van der Waals surface area contributed by atoms with Crippen molar-refractivity contribution in [1.82, 2.24) is 4.90 Å². The van der Waals surface area contributed by atoms with Crippen LogP contribution in [0.5, 0.6) is 0 Å². The molecule has 1 aromatic rings. The molecule has 1 aromatic carbocycles. The molecular weight excluding hydrogens is 230 g/mol. The fraction of sp³-hybridized carbons (Fsp3) is 0.571. The first-order valence-corrected chi connectivity index (χ1v) is 6.09. The lowest BCUT2D eigenvalue weighted by atomic mass is 10.0. The molecule has 4 heteroatoms. The van der Waals surface area contributed by atoms with Gasteiger partial charge in [0.25, 0.3) is 0 Å². The van der Waals surface area contributed by atoms with E-state index in [0.29, 0.717) is 6.54 Å². The minimum Gasteiger partial charge on any atom is -0.387 e. The Morgan fingerprint density at radius 3 is 2.22 bits per heavy atom. The second-order valence-corrected chi connectivity index (χ2v) is 4.44. The molecule has 4 nitrogen and oxygen atoms in total. The largest absolute Gasteiger partial charge is 0.387 e. The molecule has 1 N–H and O–H groups in total. The summed E-state index contributed by atoms with van der Waals surface area (Å²) < 4.78 is 10.3. The second-order valence-electron chi connectivity index (χ2n) is 4.44. The molecule has 2 atom stereocenters. The fourth-order valence-corrected chi connectivity index (χ4v) is 1.82. The Balaban J connectivity index is 2.60. The standard InChI is InChI=1S/C14H23NO3/c1-11(15(2)10-13(17-3)18-4)14(16)12-8-6-5-7-9-12/h5-9,11,13-14,16H,10H2,1-4H3/t11-,14+/m0/s1. The summed E-state index contributed by atoms with van der Waals surface area (Å²) in [5.74, 6) is 0. The first-order chi connectivity index (χ1) is 8.60. The van der Waals surface area contributed by atoms with Gasteiger partial charge in [0.05, 0.1) is 6.10 Å². The third kappa shape index (κ3) is 4.07. The lowest BCUT2D eigenvalue weighted by molar-refractivity contribution is -0.121. The number of aliphatic hydroxyl groups is 1. The Bertz CT molecular complexity index is 327. The number of hydrogen-bond acceptors (Lipinski definition) is 4. The Morgan fingerprint density at radius 2 is 1.72 bits per heavy atom. The third-order valence-electron chi connectivity index (χ3n) is 3.26. The monoisotopic (exact) mass is 253 g/mol. The molecule has 0 saturated heterocycles. The molecule has 102 valence electrons. The first-order valence-electron chi connectivity index (χ1n) is 6.09. The van der Waals surface area contributed by atoms with E-state index < -0.39 is 6.10 Å². The van der Waals surface area contributed by atoms with E-state index in [1.807, 2.05) is 49.2 Å². The van der Waals surface area contributed by atoms with Crippen molar-refractivity contribution in [2.24, 2.45) is 0 Å². The summed E-state index contributed by atoms with van der Waals surface area (Å²) in [6.45, 7) is 2.60. The Kier molecular flexibility index (Phi) is 6.29. The minimum absolute atomic E-state index is 0.0137. The van der Waals surface area contributed by atoms with Crippen molar-refractivity contribution < 1.29 is 14.6 Å². The highest BCUT2D eigenvalue weighted by atomic mass is 16.7. The molecule has 0 radical (unpaired) electrons. The van der Waals surface area contributed by atoms with Crippen molar-refractivity contribution in [1.29, 1.82) is 0 Å². The first kappa shape index (κ1) is 15.1. The molecule has 0 aliphatic carbocycles. The number of nitrogens with zero attached hydrogens (tertiary/aromatic N) is 1. The maximum atomic E-state index is 10.3. The third-order valence-corrected chi connectivity index (χ3v) is 3.26. The summed E-state index contributed by atoms with van der Waals surface area (Å²) in [7, 11) is 5.17. The van der Waals surface area contributed by atoms with Crippen LogP contribution in [0.1, 0.15) is 18.6 Å². The van der Waals surface area contributed by atoms with E-state index in [1.54, 1.807) is 14.2 Å². The molecule has 0 aromatic heterocycles. The zero-order valence-corrected chi connectivity index (χ0v) is 11.5. The van der Waals surface area contributed by atoms with Crippen LogP contribution in [-0.4, -0.2) is 50.2 Å². The average molecular weight is 253 g/mol. The zero-order valence-electron chi connectivity index (χ0n) is 11.5. The molecule has 0 fully saturated rings. The van der Waals surface area contributed by atoms with Gasteiger partial charge in [-0.3, -0.25) is 4.90 Å². The number of ether oxygens (including phenoxy) is 2. The van der Waals surface area contributed by atoms with Gasteiger partial charge in [-0.25, -0.2) is 0 Å². The van der Waals surface area contributed by atoms with Crippen molar-refractivity contribution in [3.8, 4) is 0 Å². The van der Waals surface area contributed by atoms with Crippen LogP contribution in [0, 0.1) is 0 Å². The zero-order chi connectivity index (χ0) is 13.5. The van der Waals surface area contributed by atoms with Gasteiger partial charge in [0.15, 0.2) is 6.29 Å². The van der Waals surface area contributed by atoms with Crippen LogP contribution in [0.4, 0.5) is 0 Å². The van der Waals surface area contributed by atoms with Gasteiger partial charge < -0.3 is 14.6 Å². The van der Waals surface area contributed by atoms with Crippen LogP contribution in [0.25, 0.3) is 0 Å². The molecule has 0 aliphatic heterocycles. The highest BCUT2D eigenvalue weighted by Gasteiger charge is 2.22. The Morgan fingerprint density at radius 1 is 1.17 bits per heavy atom. The van der Waals surface area contributed by atoms with Crippen LogP contribution < -0.4 is 0 Å². The predicted molar refractivity (Wildman–Crippen MR) is 71.3 cm³/mol. The topological polar surface area (TPSA) is 41.9 Å². The maximum absolute atomic E-state index is 10.3. The van der Waals surface area contributed by atoms with E-state index in [2.05, 4.69) is 0 Å². The van der Waals surface area contributed by atoms with Crippen molar-refractivity contribution in [3.05, 3.63) is 35.9 Å². The molecule has 0 saturated carbocycles. The average Bonchev–Trinajstić information content (AvgIpc) is 2.43. The van der Waals surface area contributed by atoms with Gasteiger partial charge in [-0.15, -0.1) is 0 Å². The van der Waals surface area contributed by atoms with Gasteiger partial charge in [0.2, 0.25) is 0 Å². The van der Waals surface area contributed by atoms with E-state index in [1.165, 1.54) is 0 Å². The lowest BCUT2D eigenvalue weighted by Gasteiger charge is -2.31. The van der Waals surface area contributed by atoms with Gasteiger partial charge in [-0.2, -0.15) is 0 Å². The Labute approximate surface area is 109 Å². The summed E-state index contributed by atoms with van der Waals surface area (Å²) in [5.41, 5.74) is 0.920. The maximum Gasteiger partial charge on any atom is 0.169 e. The molecular formula is C14H23NO3. The van der Waals surface area contributed by atoms with Crippen molar-refractivity contribution in [2.75, 3.05) is 27.8 Å². The number of rotatable bonds is 7. The number of benzene rings is 1. The van der Waals surface area contributed by atoms with E-state index >= 15 is 0 Å². The molecule has 1 rings (SSSR count). The van der Waals surface area contributed by atoms with Crippen LogP contribution in [0.15, 0.2) is 30.3 Å². The number of methoxy groups -OCH3 is 2. The van der Waals surface area contributed by atoms with Crippen LogP contribution in [0.3, 0.4) is 0 Å². The van der Waals surface area contributed by atoms with Crippen molar-refractivity contribution in [3.63, 3.8) is 0 Å². The van der Waals surface area contributed by atoms with E-state index in [-0.39, 0.29) is 12.3 Å². The van der Waals surface area contributed by atoms with Crippen molar-refractivity contribution >= 4 is 0 Å². The summed E-state index contributed by atoms with van der Waals surface area (Å²) in [6.07, 6.45) is -0.800. The summed E-state index contributed by atoms with van der Waals surface area (Å²) in [4.78, 5) is 2.02. The van der Waals surface area contributed by atoms with Gasteiger partial charge in [0.1, 0.15) is 0 Å². The normalized spacial score (nSPS) is 15.1. The van der Waals surface area contributed by atoms with Crippen LogP contribution in [-0.2, 0) is 9.47 Å². The molecule has 18 heavy (non-hydrogen) atoms. The van der Waals surface area contributed by atoms with Crippen molar-refractivity contribution in [2.45, 2.75) is 25.4 Å². The summed E-state index contributed by atoms with van der Waals surface area (Å²) in [6, 6.07) is 9.64. The lowest BCUT2D eigenvalue weighted by Crippen LogP contribution is -2.40. The van der Waals surface area contributed by atoms with Crippen LogP contribution in [0.2, 0.25) is 0 Å². The predicted octanol–water partition coefficient (Wildman–Crippen LogP) is 1.66. The highest BCUT2D eigenvalue weighted by Crippen LogP contribution is 2.20. The molecule has 0 bridgehead atoms. The molecule has 0 amide bonds. The van der Waals surface area contributed by atoms with E-state index in [4.69, 9.17) is 9.47 Å². The van der Waals surface area contributed by atoms with Gasteiger partial charge in [0, 0.05) is 26.8 Å². The second kappa shape index (κ2) is 7.48. The molecule has 0 heterocycles. The minimum atomic E-state index is -0.523. The quantitative estimate of drug-likeness (QED) is 0.750. The summed E-state index contributed by atoms with van der Waals surface area (Å²) in [5, 5.41) is 10.3.